The monoisotopic (exact) mass is 234 g/mol. The number of hydrogen-bond donors (Lipinski definition) is 1. The van der Waals surface area contributed by atoms with Crippen molar-refractivity contribution in [3.05, 3.63) is 35.9 Å². The van der Waals surface area contributed by atoms with Crippen molar-refractivity contribution in [2.45, 2.75) is 40.3 Å². The van der Waals surface area contributed by atoms with Crippen molar-refractivity contribution in [3.8, 4) is 0 Å². The first-order valence-electron chi connectivity index (χ1n) is 6.42. The Bertz CT molecular complexity index is 317. The summed E-state index contributed by atoms with van der Waals surface area (Å²) >= 11 is 0. The summed E-state index contributed by atoms with van der Waals surface area (Å²) in [5.74, 6) is 0. The zero-order chi connectivity index (χ0) is 12.9. The van der Waals surface area contributed by atoms with Crippen LogP contribution in [0.1, 0.15) is 33.3 Å². The maximum Gasteiger partial charge on any atom is 0.0236 e. The maximum absolute atomic E-state index is 5.82. The normalized spacial score (nSPS) is 12.4. The van der Waals surface area contributed by atoms with Gasteiger partial charge < -0.3 is 5.73 Å². The molecule has 0 aliphatic carbocycles. The lowest BCUT2D eigenvalue weighted by atomic mass is 9.92. The van der Waals surface area contributed by atoms with Crippen LogP contribution in [0.2, 0.25) is 0 Å². The number of benzene rings is 1. The second kappa shape index (κ2) is 6.18. The minimum absolute atomic E-state index is 0.180. The summed E-state index contributed by atoms with van der Waals surface area (Å²) in [4.78, 5) is 2.49. The Balaban J connectivity index is 2.68. The molecule has 2 N–H and O–H groups in total. The van der Waals surface area contributed by atoms with E-state index in [4.69, 9.17) is 5.73 Å². The van der Waals surface area contributed by atoms with E-state index in [9.17, 15) is 0 Å². The van der Waals surface area contributed by atoms with Crippen molar-refractivity contribution in [1.29, 1.82) is 0 Å². The van der Waals surface area contributed by atoms with Crippen LogP contribution in [0, 0.1) is 5.41 Å². The van der Waals surface area contributed by atoms with Crippen LogP contribution in [0.3, 0.4) is 0 Å². The van der Waals surface area contributed by atoms with Crippen LogP contribution in [0.4, 0.5) is 0 Å². The lowest BCUT2D eigenvalue weighted by molar-refractivity contribution is 0.141. The fourth-order valence-electron chi connectivity index (χ4n) is 1.85. The van der Waals surface area contributed by atoms with Crippen LogP contribution in [0.5, 0.6) is 0 Å². The molecule has 2 heteroatoms. The number of rotatable bonds is 6. The van der Waals surface area contributed by atoms with Crippen LogP contribution in [0.25, 0.3) is 0 Å². The van der Waals surface area contributed by atoms with Crippen LogP contribution in [-0.4, -0.2) is 24.0 Å². The van der Waals surface area contributed by atoms with E-state index in [0.717, 1.165) is 19.6 Å². The predicted molar refractivity (Wildman–Crippen MR) is 74.8 cm³/mol. The molecule has 96 valence electrons. The summed E-state index contributed by atoms with van der Waals surface area (Å²) in [6.45, 7) is 11.7. The SMILES string of the molecule is CC(C)N(Cc1ccccc1)CC(C)(C)CN. The molecule has 0 radical (unpaired) electrons. The van der Waals surface area contributed by atoms with Crippen molar-refractivity contribution in [2.75, 3.05) is 13.1 Å². The molecule has 1 aromatic rings. The highest BCUT2D eigenvalue weighted by atomic mass is 15.2. The molecule has 17 heavy (non-hydrogen) atoms. The quantitative estimate of drug-likeness (QED) is 0.820. The zero-order valence-electron chi connectivity index (χ0n) is 11.6. The summed E-state index contributed by atoms with van der Waals surface area (Å²) in [6, 6.07) is 11.2. The molecule has 0 atom stereocenters. The van der Waals surface area contributed by atoms with Gasteiger partial charge in [0.1, 0.15) is 0 Å². The van der Waals surface area contributed by atoms with Gasteiger partial charge in [0.25, 0.3) is 0 Å². The molecule has 0 aliphatic rings. The highest BCUT2D eigenvalue weighted by Crippen LogP contribution is 2.18. The average molecular weight is 234 g/mol. The lowest BCUT2D eigenvalue weighted by Gasteiger charge is -2.34. The summed E-state index contributed by atoms with van der Waals surface area (Å²) < 4.78 is 0. The Labute approximate surface area is 106 Å². The topological polar surface area (TPSA) is 29.3 Å². The van der Waals surface area contributed by atoms with Gasteiger partial charge >= 0.3 is 0 Å². The van der Waals surface area contributed by atoms with Gasteiger partial charge in [-0.25, -0.2) is 0 Å². The van der Waals surface area contributed by atoms with Crippen molar-refractivity contribution >= 4 is 0 Å². The van der Waals surface area contributed by atoms with Crippen LogP contribution in [0.15, 0.2) is 30.3 Å². The molecule has 0 bridgehead atoms. The summed E-state index contributed by atoms with van der Waals surface area (Å²) in [6.07, 6.45) is 0. The third-order valence-electron chi connectivity index (χ3n) is 3.14. The van der Waals surface area contributed by atoms with Gasteiger partial charge in [-0.3, -0.25) is 4.90 Å². The lowest BCUT2D eigenvalue weighted by Crippen LogP contribution is -2.41. The van der Waals surface area contributed by atoms with E-state index >= 15 is 0 Å². The Morgan fingerprint density at radius 2 is 1.76 bits per heavy atom. The molecular weight excluding hydrogens is 208 g/mol. The molecule has 1 rings (SSSR count). The van der Waals surface area contributed by atoms with Gasteiger partial charge in [0, 0.05) is 19.1 Å². The smallest absolute Gasteiger partial charge is 0.0236 e. The second-order valence-corrected chi connectivity index (χ2v) is 5.85. The number of hydrogen-bond acceptors (Lipinski definition) is 2. The molecule has 0 aromatic heterocycles. The Hall–Kier alpha value is -0.860. The third-order valence-corrected chi connectivity index (χ3v) is 3.14. The van der Waals surface area contributed by atoms with Crippen molar-refractivity contribution in [3.63, 3.8) is 0 Å². The minimum Gasteiger partial charge on any atom is -0.330 e. The zero-order valence-corrected chi connectivity index (χ0v) is 11.6. The van der Waals surface area contributed by atoms with E-state index in [2.05, 4.69) is 62.9 Å². The molecule has 2 nitrogen and oxygen atoms in total. The largest absolute Gasteiger partial charge is 0.330 e. The Morgan fingerprint density at radius 3 is 2.24 bits per heavy atom. The molecule has 0 saturated carbocycles. The number of nitrogens with two attached hydrogens (primary N) is 1. The van der Waals surface area contributed by atoms with Crippen molar-refractivity contribution in [1.82, 2.24) is 4.90 Å². The van der Waals surface area contributed by atoms with E-state index in [1.165, 1.54) is 5.56 Å². The molecule has 0 fully saturated rings. The number of nitrogens with zero attached hydrogens (tertiary/aromatic N) is 1. The first-order chi connectivity index (χ1) is 7.94. The van der Waals surface area contributed by atoms with E-state index in [1.54, 1.807) is 0 Å². The van der Waals surface area contributed by atoms with Crippen molar-refractivity contribution < 1.29 is 0 Å². The standard InChI is InChI=1S/C15H26N2/c1-13(2)17(12-15(3,4)11-16)10-14-8-6-5-7-9-14/h5-9,13H,10-12,16H2,1-4H3. The van der Waals surface area contributed by atoms with Gasteiger partial charge in [-0.2, -0.15) is 0 Å². The van der Waals surface area contributed by atoms with Gasteiger partial charge in [-0.05, 0) is 31.4 Å². The second-order valence-electron chi connectivity index (χ2n) is 5.85. The molecule has 0 saturated heterocycles. The van der Waals surface area contributed by atoms with E-state index < -0.39 is 0 Å². The molecule has 0 spiro atoms. The van der Waals surface area contributed by atoms with Crippen LogP contribution < -0.4 is 5.73 Å². The highest BCUT2D eigenvalue weighted by Gasteiger charge is 2.21. The fourth-order valence-corrected chi connectivity index (χ4v) is 1.85. The Kier molecular flexibility index (Phi) is 5.16. The predicted octanol–water partition coefficient (Wildman–Crippen LogP) is 2.88. The third kappa shape index (κ3) is 4.88. The average Bonchev–Trinajstić information content (AvgIpc) is 2.29. The molecule has 0 unspecified atom stereocenters. The summed E-state index contributed by atoms with van der Waals surface area (Å²) in [7, 11) is 0. The van der Waals surface area contributed by atoms with Crippen LogP contribution in [-0.2, 0) is 6.54 Å². The summed E-state index contributed by atoms with van der Waals surface area (Å²) in [5, 5.41) is 0. The minimum atomic E-state index is 0.180. The van der Waals surface area contributed by atoms with E-state index in [1.807, 2.05) is 0 Å². The molecule has 1 aromatic carbocycles. The molecule has 0 heterocycles. The van der Waals surface area contributed by atoms with Crippen molar-refractivity contribution in [2.24, 2.45) is 11.1 Å². The first-order valence-corrected chi connectivity index (χ1v) is 6.42. The first kappa shape index (κ1) is 14.2. The van der Waals surface area contributed by atoms with Gasteiger partial charge in [-0.15, -0.1) is 0 Å². The van der Waals surface area contributed by atoms with Gasteiger partial charge in [0.05, 0.1) is 0 Å². The van der Waals surface area contributed by atoms with Crippen LogP contribution >= 0.6 is 0 Å². The summed E-state index contributed by atoms with van der Waals surface area (Å²) in [5.41, 5.74) is 7.37. The van der Waals surface area contributed by atoms with Gasteiger partial charge in [0.15, 0.2) is 0 Å². The Morgan fingerprint density at radius 1 is 1.18 bits per heavy atom. The molecular formula is C15H26N2. The fraction of sp³-hybridized carbons (Fsp3) is 0.600. The molecule has 0 amide bonds. The maximum atomic E-state index is 5.82. The van der Waals surface area contributed by atoms with Gasteiger partial charge in [-0.1, -0.05) is 44.2 Å². The van der Waals surface area contributed by atoms with E-state index in [0.29, 0.717) is 6.04 Å². The van der Waals surface area contributed by atoms with E-state index in [-0.39, 0.29) is 5.41 Å². The van der Waals surface area contributed by atoms with Gasteiger partial charge in [0.2, 0.25) is 0 Å². The highest BCUT2D eigenvalue weighted by molar-refractivity contribution is 5.14. The molecule has 0 aliphatic heterocycles.